The molecule has 6 nitrogen and oxygen atoms in total. The molecule has 0 radical (unpaired) electrons. The van der Waals surface area contributed by atoms with Crippen molar-refractivity contribution in [1.82, 2.24) is 4.98 Å². The van der Waals surface area contributed by atoms with Crippen LogP contribution >= 0.6 is 34.5 Å². The number of rotatable bonds is 8. The summed E-state index contributed by atoms with van der Waals surface area (Å²) >= 11 is 13.5. The number of aromatic nitrogens is 1. The zero-order valence-corrected chi connectivity index (χ0v) is 17.6. The van der Waals surface area contributed by atoms with Gasteiger partial charge in [-0.05, 0) is 35.9 Å². The van der Waals surface area contributed by atoms with E-state index in [1.54, 1.807) is 30.5 Å². The van der Waals surface area contributed by atoms with Crippen LogP contribution in [0.3, 0.4) is 0 Å². The number of ether oxygens (including phenoxy) is 2. The van der Waals surface area contributed by atoms with Crippen LogP contribution in [0.1, 0.15) is 20.8 Å². The van der Waals surface area contributed by atoms with E-state index in [0.29, 0.717) is 44.9 Å². The smallest absolute Gasteiger partial charge is 0.264 e. The van der Waals surface area contributed by atoms with Gasteiger partial charge in [0.25, 0.3) is 5.91 Å². The number of carbonyl (C=O) groups is 2. The molecule has 0 aliphatic heterocycles. The first-order chi connectivity index (χ1) is 14.0. The minimum Gasteiger partial charge on any atom is -0.493 e. The molecule has 0 bridgehead atoms. The topological polar surface area (TPSA) is 77.5 Å². The molecule has 0 unspecified atom stereocenters. The van der Waals surface area contributed by atoms with Crippen LogP contribution in [0.15, 0.2) is 42.6 Å². The molecule has 29 heavy (non-hydrogen) atoms. The highest BCUT2D eigenvalue weighted by atomic mass is 35.5. The number of methoxy groups -OCH3 is 1. The predicted octanol–water partition coefficient (Wildman–Crippen LogP) is 4.88. The average Bonchev–Trinajstić information content (AvgIpc) is 3.15. The van der Waals surface area contributed by atoms with E-state index in [0.717, 1.165) is 10.4 Å². The molecule has 3 aromatic rings. The third-order valence-electron chi connectivity index (χ3n) is 3.86. The maximum atomic E-state index is 12.2. The molecule has 0 fully saturated rings. The van der Waals surface area contributed by atoms with Gasteiger partial charge in [0.1, 0.15) is 6.29 Å². The van der Waals surface area contributed by atoms with E-state index in [4.69, 9.17) is 32.7 Å². The molecule has 0 spiro atoms. The molecular weight excluding hydrogens is 435 g/mol. The van der Waals surface area contributed by atoms with Crippen LogP contribution in [0.4, 0.5) is 5.13 Å². The normalized spacial score (nSPS) is 10.4. The highest BCUT2D eigenvalue weighted by Crippen LogP contribution is 2.28. The van der Waals surface area contributed by atoms with Gasteiger partial charge in [0.15, 0.2) is 23.2 Å². The molecule has 0 saturated heterocycles. The van der Waals surface area contributed by atoms with E-state index >= 15 is 0 Å². The first kappa shape index (κ1) is 21.1. The van der Waals surface area contributed by atoms with Crippen molar-refractivity contribution in [2.24, 2.45) is 0 Å². The Bertz CT molecular complexity index is 1040. The van der Waals surface area contributed by atoms with Gasteiger partial charge in [-0.2, -0.15) is 0 Å². The van der Waals surface area contributed by atoms with Gasteiger partial charge in [-0.3, -0.25) is 14.9 Å². The lowest BCUT2D eigenvalue weighted by Crippen LogP contribution is -2.20. The van der Waals surface area contributed by atoms with E-state index in [2.05, 4.69) is 10.3 Å². The number of hydrogen-bond acceptors (Lipinski definition) is 6. The van der Waals surface area contributed by atoms with Gasteiger partial charge in [-0.1, -0.05) is 29.3 Å². The largest absolute Gasteiger partial charge is 0.493 e. The minimum absolute atomic E-state index is 0.253. The van der Waals surface area contributed by atoms with Crippen molar-refractivity contribution in [2.75, 3.05) is 19.0 Å². The molecule has 150 valence electrons. The minimum atomic E-state index is -0.381. The van der Waals surface area contributed by atoms with Crippen molar-refractivity contribution in [2.45, 2.75) is 6.42 Å². The SMILES string of the molecule is COc1ccc(C=O)cc1OCC(=O)Nc1ncc(Cc2ccc(Cl)cc2Cl)s1. The summed E-state index contributed by atoms with van der Waals surface area (Å²) in [5.74, 6) is 0.359. The summed E-state index contributed by atoms with van der Waals surface area (Å²) in [6.07, 6.45) is 2.95. The van der Waals surface area contributed by atoms with Crippen molar-refractivity contribution in [3.05, 3.63) is 68.6 Å². The molecule has 0 aliphatic rings. The fourth-order valence-corrected chi connectivity index (χ4v) is 3.80. The number of nitrogens with one attached hydrogen (secondary N) is 1. The van der Waals surface area contributed by atoms with Crippen LogP contribution in [0.2, 0.25) is 10.0 Å². The number of anilines is 1. The van der Waals surface area contributed by atoms with Gasteiger partial charge in [0.05, 0.1) is 7.11 Å². The van der Waals surface area contributed by atoms with E-state index in [1.807, 2.05) is 6.07 Å². The number of amides is 1. The van der Waals surface area contributed by atoms with Crippen LogP contribution < -0.4 is 14.8 Å². The molecular formula is C20H16Cl2N2O4S. The lowest BCUT2D eigenvalue weighted by Gasteiger charge is -2.10. The Labute approximate surface area is 181 Å². The van der Waals surface area contributed by atoms with Crippen LogP contribution in [0.25, 0.3) is 0 Å². The second-order valence-electron chi connectivity index (χ2n) is 5.91. The number of benzene rings is 2. The molecule has 1 N–H and O–H groups in total. The van der Waals surface area contributed by atoms with Gasteiger partial charge >= 0.3 is 0 Å². The molecule has 3 rings (SSSR count). The summed E-state index contributed by atoms with van der Waals surface area (Å²) in [5.41, 5.74) is 1.34. The second kappa shape index (κ2) is 9.73. The van der Waals surface area contributed by atoms with Gasteiger partial charge in [0, 0.05) is 33.1 Å². The number of thiazole rings is 1. The third kappa shape index (κ3) is 5.69. The van der Waals surface area contributed by atoms with Crippen molar-refractivity contribution in [3.8, 4) is 11.5 Å². The Morgan fingerprint density at radius 1 is 1.21 bits per heavy atom. The van der Waals surface area contributed by atoms with Crippen LogP contribution in [-0.2, 0) is 11.2 Å². The fraction of sp³-hybridized carbons (Fsp3) is 0.150. The van der Waals surface area contributed by atoms with E-state index in [9.17, 15) is 9.59 Å². The number of aldehydes is 1. The Morgan fingerprint density at radius 3 is 2.76 bits per heavy atom. The van der Waals surface area contributed by atoms with Crippen molar-refractivity contribution >= 4 is 51.9 Å². The van der Waals surface area contributed by atoms with E-state index in [-0.39, 0.29) is 12.5 Å². The van der Waals surface area contributed by atoms with Crippen molar-refractivity contribution in [1.29, 1.82) is 0 Å². The summed E-state index contributed by atoms with van der Waals surface area (Å²) in [5, 5.41) is 4.29. The summed E-state index contributed by atoms with van der Waals surface area (Å²) in [6.45, 7) is -0.253. The van der Waals surface area contributed by atoms with Crippen LogP contribution in [0, 0.1) is 0 Å². The summed E-state index contributed by atoms with van der Waals surface area (Å²) in [7, 11) is 1.48. The summed E-state index contributed by atoms with van der Waals surface area (Å²) in [6, 6.07) is 10.0. The highest BCUT2D eigenvalue weighted by molar-refractivity contribution is 7.15. The van der Waals surface area contributed by atoms with E-state index in [1.165, 1.54) is 24.5 Å². The molecule has 9 heteroatoms. The van der Waals surface area contributed by atoms with Crippen molar-refractivity contribution in [3.63, 3.8) is 0 Å². The van der Waals surface area contributed by atoms with Gasteiger partial charge in [0.2, 0.25) is 0 Å². The first-order valence-corrected chi connectivity index (χ1v) is 10.00. The molecule has 2 aromatic carbocycles. The Morgan fingerprint density at radius 2 is 2.03 bits per heavy atom. The lowest BCUT2D eigenvalue weighted by molar-refractivity contribution is -0.118. The number of halogens is 2. The maximum Gasteiger partial charge on any atom is 0.264 e. The monoisotopic (exact) mass is 450 g/mol. The standard InChI is InChI=1S/C20H16Cl2N2O4S/c1-27-17-5-2-12(10-25)6-18(17)28-11-19(26)24-20-23-9-15(29-20)7-13-3-4-14(21)8-16(13)22/h2-6,8-10H,7,11H2,1H3,(H,23,24,26). The zero-order chi connectivity index (χ0) is 20.8. The molecule has 0 saturated carbocycles. The summed E-state index contributed by atoms with van der Waals surface area (Å²) < 4.78 is 10.7. The van der Waals surface area contributed by atoms with Gasteiger partial charge < -0.3 is 9.47 Å². The molecule has 1 aromatic heterocycles. The summed E-state index contributed by atoms with van der Waals surface area (Å²) in [4.78, 5) is 28.2. The second-order valence-corrected chi connectivity index (χ2v) is 7.87. The number of nitrogens with zero attached hydrogens (tertiary/aromatic N) is 1. The highest BCUT2D eigenvalue weighted by Gasteiger charge is 2.12. The molecule has 1 heterocycles. The van der Waals surface area contributed by atoms with Gasteiger partial charge in [-0.25, -0.2) is 4.98 Å². The van der Waals surface area contributed by atoms with Crippen LogP contribution in [0.5, 0.6) is 11.5 Å². The average molecular weight is 451 g/mol. The molecule has 0 aliphatic carbocycles. The lowest BCUT2D eigenvalue weighted by atomic mass is 10.1. The maximum absolute atomic E-state index is 12.2. The van der Waals surface area contributed by atoms with Crippen molar-refractivity contribution < 1.29 is 19.1 Å². The number of hydrogen-bond donors (Lipinski definition) is 1. The molecule has 0 atom stereocenters. The van der Waals surface area contributed by atoms with Crippen LogP contribution in [-0.4, -0.2) is 30.9 Å². The quantitative estimate of drug-likeness (QED) is 0.494. The third-order valence-corrected chi connectivity index (χ3v) is 5.36. The first-order valence-electron chi connectivity index (χ1n) is 8.43. The van der Waals surface area contributed by atoms with E-state index < -0.39 is 0 Å². The molecule has 1 amide bonds. The Kier molecular flexibility index (Phi) is 7.09. The fourth-order valence-electron chi connectivity index (χ4n) is 2.48. The predicted molar refractivity (Wildman–Crippen MR) is 114 cm³/mol. The zero-order valence-electron chi connectivity index (χ0n) is 15.3. The Hall–Kier alpha value is -2.61. The number of carbonyl (C=O) groups excluding carboxylic acids is 2. The van der Waals surface area contributed by atoms with Gasteiger partial charge in [-0.15, -0.1) is 11.3 Å². The Balaban J connectivity index is 1.58.